The molecular weight excluding hydrogens is 539 g/mol. The number of nitrogens with one attached hydrogen (secondary N) is 1. The van der Waals surface area contributed by atoms with Crippen LogP contribution in [-0.4, -0.2) is 61.6 Å². The minimum Gasteiger partial charge on any atom is -0.462 e. The molecule has 0 radical (unpaired) electrons. The molecule has 1 aliphatic rings. The highest BCUT2D eigenvalue weighted by molar-refractivity contribution is 7.52. The monoisotopic (exact) mass is 570 g/mol. The molecule has 0 aliphatic carbocycles. The second-order valence-electron chi connectivity index (χ2n) is 9.71. The predicted molar refractivity (Wildman–Crippen MR) is 146 cm³/mol. The fourth-order valence-corrected chi connectivity index (χ4v) is 5.93. The van der Waals surface area contributed by atoms with Gasteiger partial charge in [0.15, 0.2) is 11.5 Å². The summed E-state index contributed by atoms with van der Waals surface area (Å²) in [6.45, 7) is 4.63. The zero-order chi connectivity index (χ0) is 28.4. The van der Waals surface area contributed by atoms with Crippen molar-refractivity contribution in [2.24, 2.45) is 0 Å². The van der Waals surface area contributed by atoms with Gasteiger partial charge in [-0.15, -0.1) is 0 Å². The van der Waals surface area contributed by atoms with E-state index in [-0.39, 0.29) is 24.9 Å². The number of anilines is 1. The van der Waals surface area contributed by atoms with Crippen LogP contribution in [0.1, 0.15) is 33.4 Å². The zero-order valence-electron chi connectivity index (χ0n) is 22.2. The maximum Gasteiger partial charge on any atom is 0.459 e. The van der Waals surface area contributed by atoms with E-state index in [4.69, 9.17) is 24.3 Å². The molecule has 5 atom stereocenters. The third-order valence-corrected chi connectivity index (χ3v) is 7.97. The lowest BCUT2D eigenvalue weighted by molar-refractivity contribution is -0.149. The SMILES string of the molecule is CC(C)OC(=O)[C@H](C)NP(=O)(OC[C@H]1O[C@@H](n2cnc3c(N)ncnc32)CC1O)Oc1cccc2ccccc12. The van der Waals surface area contributed by atoms with E-state index in [2.05, 4.69) is 20.0 Å². The van der Waals surface area contributed by atoms with Gasteiger partial charge in [-0.05, 0) is 32.2 Å². The van der Waals surface area contributed by atoms with Crippen molar-refractivity contribution in [2.45, 2.75) is 57.8 Å². The molecule has 2 aromatic carbocycles. The number of nitrogens with two attached hydrogens (primary N) is 1. The summed E-state index contributed by atoms with van der Waals surface area (Å²) in [4.78, 5) is 24.9. The number of nitrogens with zero attached hydrogens (tertiary/aromatic N) is 4. The molecule has 40 heavy (non-hydrogen) atoms. The summed E-state index contributed by atoms with van der Waals surface area (Å²) in [5.74, 6) is -0.0954. The first kappa shape index (κ1) is 27.9. The number of carbonyl (C=O) groups is 1. The van der Waals surface area contributed by atoms with Gasteiger partial charge in [0.1, 0.15) is 36.0 Å². The Morgan fingerprint density at radius 3 is 2.77 bits per heavy atom. The largest absolute Gasteiger partial charge is 0.462 e. The predicted octanol–water partition coefficient (Wildman–Crippen LogP) is 3.34. The Morgan fingerprint density at radius 2 is 1.98 bits per heavy atom. The van der Waals surface area contributed by atoms with E-state index in [9.17, 15) is 14.5 Å². The molecule has 3 heterocycles. The molecule has 212 valence electrons. The molecule has 0 bridgehead atoms. The normalized spacial score (nSPS) is 21.5. The molecular formula is C26H31N6O7P. The number of carbonyl (C=O) groups excluding carboxylic acids is 1. The summed E-state index contributed by atoms with van der Waals surface area (Å²) in [7, 11) is -4.20. The van der Waals surface area contributed by atoms with Crippen LogP contribution in [0.3, 0.4) is 0 Å². The first-order valence-corrected chi connectivity index (χ1v) is 14.3. The van der Waals surface area contributed by atoms with Gasteiger partial charge in [-0.1, -0.05) is 36.4 Å². The molecule has 4 N–H and O–H groups in total. The zero-order valence-corrected chi connectivity index (χ0v) is 23.1. The molecule has 1 saturated heterocycles. The Balaban J connectivity index is 1.35. The van der Waals surface area contributed by atoms with Crippen LogP contribution in [-0.2, 0) is 23.4 Å². The lowest BCUT2D eigenvalue weighted by atomic mass is 10.1. The second-order valence-corrected chi connectivity index (χ2v) is 11.4. The fourth-order valence-electron chi connectivity index (χ4n) is 4.41. The summed E-state index contributed by atoms with van der Waals surface area (Å²) in [5.41, 5.74) is 6.75. The molecule has 1 aliphatic heterocycles. The minimum absolute atomic E-state index is 0.197. The Bertz CT molecular complexity index is 1560. The van der Waals surface area contributed by atoms with E-state index in [0.29, 0.717) is 22.3 Å². The van der Waals surface area contributed by atoms with Gasteiger partial charge in [-0.25, -0.2) is 19.5 Å². The van der Waals surface area contributed by atoms with E-state index in [1.165, 1.54) is 19.6 Å². The van der Waals surface area contributed by atoms with Crippen LogP contribution in [0, 0.1) is 0 Å². The molecule has 0 amide bonds. The Kier molecular flexibility index (Phi) is 8.02. The van der Waals surface area contributed by atoms with Crippen LogP contribution in [0.4, 0.5) is 5.82 Å². The van der Waals surface area contributed by atoms with E-state index >= 15 is 0 Å². The Labute approximate surface area is 230 Å². The molecule has 1 fully saturated rings. The van der Waals surface area contributed by atoms with Gasteiger partial charge in [-0.2, -0.15) is 5.09 Å². The van der Waals surface area contributed by atoms with Crippen LogP contribution in [0.15, 0.2) is 55.1 Å². The molecule has 2 unspecified atom stereocenters. The minimum atomic E-state index is -4.20. The summed E-state index contributed by atoms with van der Waals surface area (Å²) in [6, 6.07) is 11.7. The molecule has 4 aromatic rings. The quantitative estimate of drug-likeness (QED) is 0.188. The number of benzene rings is 2. The first-order valence-electron chi connectivity index (χ1n) is 12.8. The van der Waals surface area contributed by atoms with Crippen molar-refractivity contribution in [1.29, 1.82) is 0 Å². The van der Waals surface area contributed by atoms with Crippen molar-refractivity contribution >= 4 is 41.5 Å². The summed E-state index contributed by atoms with van der Waals surface area (Å²) in [6.07, 6.45) is 0.197. The lowest BCUT2D eigenvalue weighted by Crippen LogP contribution is -2.37. The number of imidazole rings is 1. The first-order chi connectivity index (χ1) is 19.1. The summed E-state index contributed by atoms with van der Waals surface area (Å²) in [5, 5.41) is 15.0. The lowest BCUT2D eigenvalue weighted by Gasteiger charge is -2.25. The molecule has 5 rings (SSSR count). The third-order valence-electron chi connectivity index (χ3n) is 6.34. The third kappa shape index (κ3) is 5.93. The number of hydrogen-bond donors (Lipinski definition) is 3. The number of nitrogen functional groups attached to an aromatic ring is 1. The van der Waals surface area contributed by atoms with E-state index in [0.717, 1.165) is 5.39 Å². The number of aromatic nitrogens is 4. The van der Waals surface area contributed by atoms with Crippen molar-refractivity contribution in [3.8, 4) is 5.75 Å². The van der Waals surface area contributed by atoms with Crippen molar-refractivity contribution in [3.05, 3.63) is 55.1 Å². The second kappa shape index (κ2) is 11.5. The number of esters is 1. The van der Waals surface area contributed by atoms with Gasteiger partial charge < -0.3 is 24.8 Å². The van der Waals surface area contributed by atoms with Gasteiger partial charge in [0.2, 0.25) is 0 Å². The standard InChI is InChI=1S/C26H31N6O7P/c1-15(2)37-26(34)16(3)31-40(35,39-20-10-6-8-17-7-4-5-9-18(17)20)36-12-21-19(33)11-22(38-21)32-14-30-23-24(27)28-13-29-25(23)32/h4-10,13-16,19,21-22,33H,11-12H2,1-3H3,(H,31,35)(H2,27,28,29)/t16-,19?,21+,22+,40?/m0/s1. The number of aliphatic hydroxyl groups excluding tert-OH is 1. The Hall–Kier alpha value is -3.61. The topological polar surface area (TPSA) is 173 Å². The number of hydrogen-bond acceptors (Lipinski definition) is 11. The molecule has 0 spiro atoms. The van der Waals surface area contributed by atoms with Crippen molar-refractivity contribution in [1.82, 2.24) is 24.6 Å². The average Bonchev–Trinajstić information content (AvgIpc) is 3.51. The van der Waals surface area contributed by atoms with Crippen molar-refractivity contribution < 1.29 is 33.0 Å². The van der Waals surface area contributed by atoms with Crippen LogP contribution in [0.25, 0.3) is 21.9 Å². The molecule has 13 nitrogen and oxygen atoms in total. The Morgan fingerprint density at radius 1 is 1.20 bits per heavy atom. The van der Waals surface area contributed by atoms with Gasteiger partial charge in [0, 0.05) is 11.8 Å². The van der Waals surface area contributed by atoms with Crippen LogP contribution in [0.2, 0.25) is 0 Å². The van der Waals surface area contributed by atoms with Crippen molar-refractivity contribution in [2.75, 3.05) is 12.3 Å². The van der Waals surface area contributed by atoms with Gasteiger partial charge >= 0.3 is 13.7 Å². The van der Waals surface area contributed by atoms with Gasteiger partial charge in [0.05, 0.1) is 25.1 Å². The van der Waals surface area contributed by atoms with Crippen LogP contribution < -0.4 is 15.3 Å². The average molecular weight is 571 g/mol. The molecule has 2 aromatic heterocycles. The number of fused-ring (bicyclic) bond motifs is 2. The summed E-state index contributed by atoms with van der Waals surface area (Å²) >= 11 is 0. The fraction of sp³-hybridized carbons (Fsp3) is 0.385. The number of ether oxygens (including phenoxy) is 2. The van der Waals surface area contributed by atoms with E-state index < -0.39 is 38.2 Å². The van der Waals surface area contributed by atoms with Crippen LogP contribution in [0.5, 0.6) is 5.75 Å². The molecule has 0 saturated carbocycles. The maximum atomic E-state index is 14.1. The maximum absolute atomic E-state index is 14.1. The number of rotatable bonds is 10. The molecule has 14 heteroatoms. The highest BCUT2D eigenvalue weighted by atomic mass is 31.2. The number of aliphatic hydroxyl groups is 1. The van der Waals surface area contributed by atoms with Gasteiger partial charge in [0.25, 0.3) is 0 Å². The van der Waals surface area contributed by atoms with E-state index in [1.54, 1.807) is 30.5 Å². The van der Waals surface area contributed by atoms with E-state index in [1.807, 2.05) is 30.3 Å². The highest BCUT2D eigenvalue weighted by Gasteiger charge is 2.40. The smallest absolute Gasteiger partial charge is 0.459 e. The van der Waals surface area contributed by atoms with Gasteiger partial charge in [-0.3, -0.25) is 13.9 Å². The highest BCUT2D eigenvalue weighted by Crippen LogP contribution is 2.47. The van der Waals surface area contributed by atoms with Crippen LogP contribution >= 0.6 is 7.75 Å². The summed E-state index contributed by atoms with van der Waals surface area (Å²) < 4.78 is 38.7. The van der Waals surface area contributed by atoms with Crippen molar-refractivity contribution in [3.63, 3.8) is 0 Å².